The Balaban J connectivity index is 0.00000180. The topological polar surface area (TPSA) is 94.0 Å². The summed E-state index contributed by atoms with van der Waals surface area (Å²) in [4.78, 5) is 15.8. The van der Waals surface area contributed by atoms with E-state index in [1.165, 1.54) is 6.20 Å². The van der Waals surface area contributed by atoms with E-state index in [1.807, 2.05) is 6.92 Å². The molecular formula is C12H15ClN4O2. The Labute approximate surface area is 116 Å². The number of anilines is 1. The first-order valence-electron chi connectivity index (χ1n) is 5.49. The largest absolute Gasteiger partial charge is 0.398 e. The normalized spacial score (nSPS) is 9.79. The van der Waals surface area contributed by atoms with Crippen molar-refractivity contribution in [1.29, 1.82) is 0 Å². The number of carbonyl (C=O) groups is 1. The van der Waals surface area contributed by atoms with Crippen molar-refractivity contribution < 1.29 is 9.32 Å². The monoisotopic (exact) mass is 282 g/mol. The molecule has 2 heterocycles. The first kappa shape index (κ1) is 15.0. The van der Waals surface area contributed by atoms with Crippen LogP contribution >= 0.6 is 12.4 Å². The van der Waals surface area contributed by atoms with Crippen molar-refractivity contribution in [3.63, 3.8) is 0 Å². The molecule has 0 spiro atoms. The summed E-state index contributed by atoms with van der Waals surface area (Å²) >= 11 is 0. The molecule has 19 heavy (non-hydrogen) atoms. The van der Waals surface area contributed by atoms with Crippen molar-refractivity contribution in [3.8, 4) is 0 Å². The minimum atomic E-state index is -0.263. The van der Waals surface area contributed by atoms with Crippen molar-refractivity contribution in [1.82, 2.24) is 15.5 Å². The first-order chi connectivity index (χ1) is 8.59. The average molecular weight is 283 g/mol. The molecule has 3 N–H and O–H groups in total. The standard InChI is InChI=1S/C12H14N4O2.ClH/c1-7-9(8(2)18-16-7)6-15-12(17)10-5-14-4-3-11(10)13;/h3-5H,6H2,1-2H3,(H2,13,14)(H,15,17);1H. The SMILES string of the molecule is Cc1noc(C)c1CNC(=O)c1cnccc1N.Cl. The van der Waals surface area contributed by atoms with E-state index in [-0.39, 0.29) is 18.3 Å². The van der Waals surface area contributed by atoms with Crippen LogP contribution in [0, 0.1) is 13.8 Å². The minimum absolute atomic E-state index is 0. The maximum Gasteiger partial charge on any atom is 0.255 e. The molecule has 0 saturated heterocycles. The summed E-state index contributed by atoms with van der Waals surface area (Å²) in [5.41, 5.74) is 8.12. The number of nitrogens with one attached hydrogen (secondary N) is 1. The minimum Gasteiger partial charge on any atom is -0.398 e. The zero-order valence-corrected chi connectivity index (χ0v) is 11.5. The molecular weight excluding hydrogens is 268 g/mol. The second-order valence-corrected chi connectivity index (χ2v) is 3.95. The molecule has 0 unspecified atom stereocenters. The van der Waals surface area contributed by atoms with Crippen LogP contribution in [0.1, 0.15) is 27.4 Å². The molecule has 0 bridgehead atoms. The number of hydrogen-bond donors (Lipinski definition) is 2. The molecule has 0 aliphatic rings. The van der Waals surface area contributed by atoms with Gasteiger partial charge in [-0.2, -0.15) is 0 Å². The van der Waals surface area contributed by atoms with E-state index in [0.717, 1.165) is 11.3 Å². The molecule has 102 valence electrons. The second-order valence-electron chi connectivity index (χ2n) is 3.95. The van der Waals surface area contributed by atoms with E-state index in [0.29, 0.717) is 23.6 Å². The maximum absolute atomic E-state index is 11.9. The molecule has 0 radical (unpaired) electrons. The lowest BCUT2D eigenvalue weighted by molar-refractivity contribution is 0.0951. The third kappa shape index (κ3) is 3.23. The highest BCUT2D eigenvalue weighted by atomic mass is 35.5. The molecule has 2 aromatic rings. The maximum atomic E-state index is 11.9. The quantitative estimate of drug-likeness (QED) is 0.892. The third-order valence-electron chi connectivity index (χ3n) is 2.71. The smallest absolute Gasteiger partial charge is 0.255 e. The highest BCUT2D eigenvalue weighted by Crippen LogP contribution is 2.13. The number of aromatic nitrogens is 2. The van der Waals surface area contributed by atoms with Gasteiger partial charge in [-0.15, -0.1) is 12.4 Å². The van der Waals surface area contributed by atoms with Crippen LogP contribution in [0.4, 0.5) is 5.69 Å². The van der Waals surface area contributed by atoms with Crippen LogP contribution in [0.25, 0.3) is 0 Å². The van der Waals surface area contributed by atoms with Gasteiger partial charge in [0, 0.05) is 30.2 Å². The van der Waals surface area contributed by atoms with Crippen LogP contribution in [-0.4, -0.2) is 16.0 Å². The summed E-state index contributed by atoms with van der Waals surface area (Å²) in [6.45, 7) is 3.99. The lowest BCUT2D eigenvalue weighted by Gasteiger charge is -2.06. The van der Waals surface area contributed by atoms with Gasteiger partial charge in [0.05, 0.1) is 11.3 Å². The van der Waals surface area contributed by atoms with E-state index in [1.54, 1.807) is 19.2 Å². The molecule has 0 aromatic carbocycles. The third-order valence-corrected chi connectivity index (χ3v) is 2.71. The zero-order chi connectivity index (χ0) is 13.1. The highest BCUT2D eigenvalue weighted by molar-refractivity contribution is 5.98. The predicted molar refractivity (Wildman–Crippen MR) is 73.0 cm³/mol. The van der Waals surface area contributed by atoms with Gasteiger partial charge >= 0.3 is 0 Å². The molecule has 0 fully saturated rings. The van der Waals surface area contributed by atoms with Gasteiger partial charge in [0.15, 0.2) is 0 Å². The number of rotatable bonds is 3. The van der Waals surface area contributed by atoms with Crippen LogP contribution in [0.15, 0.2) is 23.0 Å². The van der Waals surface area contributed by atoms with E-state index in [2.05, 4.69) is 15.5 Å². The number of aryl methyl sites for hydroxylation is 2. The summed E-state index contributed by atoms with van der Waals surface area (Å²) in [5, 5.41) is 6.59. The number of halogens is 1. The van der Waals surface area contributed by atoms with Gasteiger partial charge in [0.25, 0.3) is 5.91 Å². The summed E-state index contributed by atoms with van der Waals surface area (Å²) in [5.74, 6) is 0.438. The van der Waals surface area contributed by atoms with Crippen LogP contribution in [-0.2, 0) is 6.54 Å². The molecule has 2 aromatic heterocycles. The van der Waals surface area contributed by atoms with Crippen LogP contribution in [0.3, 0.4) is 0 Å². The number of nitrogens with two attached hydrogens (primary N) is 1. The lowest BCUT2D eigenvalue weighted by atomic mass is 10.2. The zero-order valence-electron chi connectivity index (χ0n) is 10.6. The predicted octanol–water partition coefficient (Wildman–Crippen LogP) is 1.62. The Morgan fingerprint density at radius 1 is 1.47 bits per heavy atom. The van der Waals surface area contributed by atoms with Crippen LogP contribution < -0.4 is 11.1 Å². The second kappa shape index (κ2) is 6.19. The van der Waals surface area contributed by atoms with Gasteiger partial charge in [-0.3, -0.25) is 9.78 Å². The molecule has 0 aliphatic heterocycles. The van der Waals surface area contributed by atoms with E-state index >= 15 is 0 Å². The first-order valence-corrected chi connectivity index (χ1v) is 5.49. The summed E-state index contributed by atoms with van der Waals surface area (Å²) in [7, 11) is 0. The lowest BCUT2D eigenvalue weighted by Crippen LogP contribution is -2.24. The number of nitrogen functional groups attached to an aromatic ring is 1. The highest BCUT2D eigenvalue weighted by Gasteiger charge is 2.13. The van der Waals surface area contributed by atoms with Crippen LogP contribution in [0.2, 0.25) is 0 Å². The van der Waals surface area contributed by atoms with Gasteiger partial charge in [-0.1, -0.05) is 5.16 Å². The fourth-order valence-corrected chi connectivity index (χ4v) is 1.61. The molecule has 0 aliphatic carbocycles. The van der Waals surface area contributed by atoms with Crippen LogP contribution in [0.5, 0.6) is 0 Å². The van der Waals surface area contributed by atoms with Crippen molar-refractivity contribution in [2.45, 2.75) is 20.4 Å². The molecule has 7 heteroatoms. The van der Waals surface area contributed by atoms with E-state index < -0.39 is 0 Å². The number of carbonyl (C=O) groups excluding carboxylic acids is 1. The Morgan fingerprint density at radius 2 is 2.21 bits per heavy atom. The summed E-state index contributed by atoms with van der Waals surface area (Å²) in [6.07, 6.45) is 2.98. The summed E-state index contributed by atoms with van der Waals surface area (Å²) < 4.78 is 5.02. The summed E-state index contributed by atoms with van der Waals surface area (Å²) in [6, 6.07) is 1.59. The molecule has 0 saturated carbocycles. The molecule has 2 rings (SSSR count). The molecule has 1 amide bonds. The van der Waals surface area contributed by atoms with Gasteiger partial charge in [0.1, 0.15) is 5.76 Å². The number of pyridine rings is 1. The Hall–Kier alpha value is -2.08. The Bertz CT molecular complexity index is 563. The number of amides is 1. The van der Waals surface area contributed by atoms with E-state index in [9.17, 15) is 4.79 Å². The fraction of sp³-hybridized carbons (Fsp3) is 0.250. The van der Waals surface area contributed by atoms with Gasteiger partial charge in [-0.25, -0.2) is 0 Å². The Morgan fingerprint density at radius 3 is 2.79 bits per heavy atom. The molecule has 6 nitrogen and oxygen atoms in total. The van der Waals surface area contributed by atoms with E-state index in [4.69, 9.17) is 10.3 Å². The number of hydrogen-bond acceptors (Lipinski definition) is 5. The van der Waals surface area contributed by atoms with Crippen molar-refractivity contribution in [2.24, 2.45) is 0 Å². The average Bonchev–Trinajstić information content (AvgIpc) is 2.67. The van der Waals surface area contributed by atoms with Gasteiger partial charge in [-0.05, 0) is 19.9 Å². The fourth-order valence-electron chi connectivity index (χ4n) is 1.61. The van der Waals surface area contributed by atoms with Crippen molar-refractivity contribution >= 4 is 24.0 Å². The van der Waals surface area contributed by atoms with Crippen molar-refractivity contribution in [2.75, 3.05) is 5.73 Å². The Kier molecular flexibility index (Phi) is 4.88. The van der Waals surface area contributed by atoms with Crippen molar-refractivity contribution in [3.05, 3.63) is 41.0 Å². The number of nitrogens with zero attached hydrogens (tertiary/aromatic N) is 2. The van der Waals surface area contributed by atoms with Gasteiger partial charge < -0.3 is 15.6 Å². The van der Waals surface area contributed by atoms with Gasteiger partial charge in [0.2, 0.25) is 0 Å². The molecule has 0 atom stereocenters.